The molecule has 0 saturated carbocycles. The number of likely N-dealkylation sites (tertiary alicyclic amines) is 1. The molecule has 6 rings (SSSR count). The zero-order chi connectivity index (χ0) is 27.1. The number of halogens is 4. The highest BCUT2D eigenvalue weighted by Gasteiger charge is 2.36. The van der Waals surface area contributed by atoms with Gasteiger partial charge in [0.1, 0.15) is 29.1 Å². The van der Waals surface area contributed by atoms with Gasteiger partial charge in [0.05, 0.1) is 42.0 Å². The van der Waals surface area contributed by atoms with E-state index in [9.17, 15) is 18.3 Å². The first-order valence-electron chi connectivity index (χ1n) is 13.1. The SMILES string of the molecule is OCCN1CCC(n2cc(-c3c(Cl)cnc4ccc(N5C[C@@H](F)C[C@@H]5c5cc(F)ccc5F)nc34)cn2)CC1. The quantitative estimate of drug-likeness (QED) is 0.345. The van der Waals surface area contributed by atoms with Crippen molar-refractivity contribution < 1.29 is 18.3 Å². The molecule has 0 aliphatic carbocycles. The molecular weight excluding hydrogens is 529 g/mol. The molecule has 1 N–H and O–H groups in total. The second kappa shape index (κ2) is 10.7. The zero-order valence-corrected chi connectivity index (χ0v) is 21.9. The number of hydrogen-bond acceptors (Lipinski definition) is 6. The molecule has 2 saturated heterocycles. The van der Waals surface area contributed by atoms with E-state index in [1.165, 1.54) is 0 Å². The smallest absolute Gasteiger partial charge is 0.130 e. The monoisotopic (exact) mass is 556 g/mol. The van der Waals surface area contributed by atoms with Crippen LogP contribution in [0.1, 0.15) is 36.9 Å². The van der Waals surface area contributed by atoms with Crippen LogP contribution in [0.5, 0.6) is 0 Å². The average Bonchev–Trinajstić information content (AvgIpc) is 3.57. The number of benzene rings is 1. The minimum Gasteiger partial charge on any atom is -0.395 e. The predicted octanol–water partition coefficient (Wildman–Crippen LogP) is 5.34. The first-order chi connectivity index (χ1) is 18.9. The first kappa shape index (κ1) is 26.0. The number of β-amino-alcohol motifs (C(OH)–C–C–N with tert-alkyl or cyclic N) is 1. The van der Waals surface area contributed by atoms with Crippen molar-refractivity contribution in [3.8, 4) is 11.1 Å². The summed E-state index contributed by atoms with van der Waals surface area (Å²) in [6.07, 6.45) is 5.95. The van der Waals surface area contributed by atoms with Crippen LogP contribution in [0, 0.1) is 11.6 Å². The van der Waals surface area contributed by atoms with Crippen LogP contribution in [0.3, 0.4) is 0 Å². The summed E-state index contributed by atoms with van der Waals surface area (Å²) >= 11 is 6.65. The van der Waals surface area contributed by atoms with E-state index in [4.69, 9.17) is 16.6 Å². The third kappa shape index (κ3) is 5.08. The highest BCUT2D eigenvalue weighted by Crippen LogP contribution is 2.40. The summed E-state index contributed by atoms with van der Waals surface area (Å²) in [5.41, 5.74) is 2.68. The Morgan fingerprint density at radius 1 is 1.08 bits per heavy atom. The van der Waals surface area contributed by atoms with Gasteiger partial charge in [-0.05, 0) is 43.2 Å². The van der Waals surface area contributed by atoms with Crippen molar-refractivity contribution >= 4 is 28.5 Å². The molecule has 204 valence electrons. The fourth-order valence-electron chi connectivity index (χ4n) is 5.79. The molecule has 2 atom stereocenters. The van der Waals surface area contributed by atoms with Crippen molar-refractivity contribution in [2.24, 2.45) is 0 Å². The number of piperidine rings is 1. The van der Waals surface area contributed by atoms with Crippen LogP contribution in [0.2, 0.25) is 5.02 Å². The number of aliphatic hydroxyl groups excluding tert-OH is 1. The number of anilines is 1. The van der Waals surface area contributed by atoms with Gasteiger partial charge in [0.15, 0.2) is 0 Å². The van der Waals surface area contributed by atoms with Crippen molar-refractivity contribution in [3.63, 3.8) is 0 Å². The molecule has 0 radical (unpaired) electrons. The molecule has 2 aliphatic heterocycles. The lowest BCUT2D eigenvalue weighted by atomic mass is 10.0. The predicted molar refractivity (Wildman–Crippen MR) is 144 cm³/mol. The maximum atomic E-state index is 14.7. The molecule has 2 fully saturated rings. The van der Waals surface area contributed by atoms with Crippen molar-refractivity contribution in [1.29, 1.82) is 0 Å². The van der Waals surface area contributed by atoms with Gasteiger partial charge < -0.3 is 14.9 Å². The Kier molecular flexibility index (Phi) is 7.18. The average molecular weight is 557 g/mol. The van der Waals surface area contributed by atoms with Crippen LogP contribution >= 0.6 is 11.6 Å². The number of alkyl halides is 1. The van der Waals surface area contributed by atoms with Crippen molar-refractivity contribution in [1.82, 2.24) is 24.6 Å². The Balaban J connectivity index is 1.35. The largest absolute Gasteiger partial charge is 0.395 e. The van der Waals surface area contributed by atoms with E-state index in [1.54, 1.807) is 29.4 Å². The lowest BCUT2D eigenvalue weighted by molar-refractivity contribution is 0.146. The highest BCUT2D eigenvalue weighted by molar-refractivity contribution is 6.34. The van der Waals surface area contributed by atoms with E-state index in [0.29, 0.717) is 34.0 Å². The molecule has 3 aromatic heterocycles. The van der Waals surface area contributed by atoms with Crippen LogP contribution in [0.25, 0.3) is 22.2 Å². The van der Waals surface area contributed by atoms with Gasteiger partial charge in [-0.25, -0.2) is 18.2 Å². The lowest BCUT2D eigenvalue weighted by Crippen LogP contribution is -2.36. The van der Waals surface area contributed by atoms with Gasteiger partial charge in [-0.1, -0.05) is 11.6 Å². The van der Waals surface area contributed by atoms with Gasteiger partial charge in [-0.15, -0.1) is 0 Å². The van der Waals surface area contributed by atoms with Gasteiger partial charge in [0, 0.05) is 55.1 Å². The maximum Gasteiger partial charge on any atom is 0.130 e. The summed E-state index contributed by atoms with van der Waals surface area (Å²) in [7, 11) is 0. The molecule has 0 unspecified atom stereocenters. The number of hydrogen-bond donors (Lipinski definition) is 1. The van der Waals surface area contributed by atoms with Gasteiger partial charge in [-0.2, -0.15) is 5.10 Å². The molecule has 5 heterocycles. The van der Waals surface area contributed by atoms with E-state index in [2.05, 4.69) is 15.0 Å². The van der Waals surface area contributed by atoms with Crippen LogP contribution in [-0.4, -0.2) is 68.7 Å². The molecule has 4 aromatic rings. The number of nitrogens with zero attached hydrogens (tertiary/aromatic N) is 6. The van der Waals surface area contributed by atoms with E-state index in [0.717, 1.165) is 49.7 Å². The number of rotatable bonds is 6. The molecule has 0 amide bonds. The molecule has 0 spiro atoms. The summed E-state index contributed by atoms with van der Waals surface area (Å²) < 4.78 is 45.2. The van der Waals surface area contributed by atoms with Crippen molar-refractivity contribution in [2.45, 2.75) is 37.5 Å². The normalized spacial score (nSPS) is 20.8. The van der Waals surface area contributed by atoms with Crippen LogP contribution in [0.15, 0.2) is 48.9 Å². The van der Waals surface area contributed by atoms with Crippen LogP contribution in [0.4, 0.5) is 19.0 Å². The summed E-state index contributed by atoms with van der Waals surface area (Å²) in [6.45, 7) is 2.62. The van der Waals surface area contributed by atoms with E-state index >= 15 is 0 Å². The summed E-state index contributed by atoms with van der Waals surface area (Å²) in [5, 5.41) is 14.2. The Bertz CT molecular complexity index is 1490. The summed E-state index contributed by atoms with van der Waals surface area (Å²) in [4.78, 5) is 13.2. The third-order valence-electron chi connectivity index (χ3n) is 7.75. The first-order valence-corrected chi connectivity index (χ1v) is 13.5. The Hall–Kier alpha value is -3.21. The van der Waals surface area contributed by atoms with Crippen LogP contribution in [-0.2, 0) is 0 Å². The Labute approximate surface area is 228 Å². The number of pyridine rings is 2. The number of aromatic nitrogens is 4. The zero-order valence-electron chi connectivity index (χ0n) is 21.2. The van der Waals surface area contributed by atoms with E-state index < -0.39 is 23.8 Å². The molecule has 2 aliphatic rings. The van der Waals surface area contributed by atoms with E-state index in [1.807, 2.05) is 10.9 Å². The van der Waals surface area contributed by atoms with Gasteiger partial charge in [0.2, 0.25) is 0 Å². The van der Waals surface area contributed by atoms with Crippen molar-refractivity contribution in [2.75, 3.05) is 37.7 Å². The van der Waals surface area contributed by atoms with Gasteiger partial charge in [-0.3, -0.25) is 9.67 Å². The summed E-state index contributed by atoms with van der Waals surface area (Å²) in [5.74, 6) is -0.721. The van der Waals surface area contributed by atoms with Gasteiger partial charge in [0.25, 0.3) is 0 Å². The van der Waals surface area contributed by atoms with Crippen molar-refractivity contribution in [3.05, 3.63) is 71.1 Å². The molecule has 7 nitrogen and oxygen atoms in total. The highest BCUT2D eigenvalue weighted by atomic mass is 35.5. The number of fused-ring (bicyclic) bond motifs is 1. The Morgan fingerprint density at radius 3 is 2.69 bits per heavy atom. The number of aliphatic hydroxyl groups is 1. The molecular formula is C28H28ClF3N6O. The fourth-order valence-corrected chi connectivity index (χ4v) is 6.03. The molecule has 1 aromatic carbocycles. The fraction of sp³-hybridized carbons (Fsp3) is 0.393. The maximum absolute atomic E-state index is 14.7. The third-order valence-corrected chi connectivity index (χ3v) is 8.04. The van der Waals surface area contributed by atoms with Gasteiger partial charge >= 0.3 is 0 Å². The second-order valence-electron chi connectivity index (χ2n) is 10.2. The minimum atomic E-state index is -1.21. The minimum absolute atomic E-state index is 0.00929. The molecule has 39 heavy (non-hydrogen) atoms. The summed E-state index contributed by atoms with van der Waals surface area (Å²) in [6, 6.07) is 6.28. The molecule has 0 bridgehead atoms. The Morgan fingerprint density at radius 2 is 1.90 bits per heavy atom. The second-order valence-corrected chi connectivity index (χ2v) is 10.6. The topological polar surface area (TPSA) is 70.3 Å². The standard InChI is InChI=1S/C28H28ClF3N6O/c29-22-14-33-24-3-4-26(37-16-19(31)12-25(37)21-11-18(30)1-2-23(21)32)35-28(24)27(22)17-13-34-38(15-17)20-5-7-36(8-6-20)9-10-39/h1-4,11,13-15,19-20,25,39H,5-10,12,16H2/t19-,25+/m0/s1. The molecule has 11 heteroatoms. The van der Waals surface area contributed by atoms with Crippen LogP contribution < -0.4 is 4.90 Å². The van der Waals surface area contributed by atoms with E-state index in [-0.39, 0.29) is 31.2 Å². The lowest BCUT2D eigenvalue weighted by Gasteiger charge is -2.31.